The number of nitriles is 1. The highest BCUT2D eigenvalue weighted by atomic mass is 15.3. The van der Waals surface area contributed by atoms with Crippen LogP contribution in [-0.4, -0.2) is 55.2 Å². The van der Waals surface area contributed by atoms with Gasteiger partial charge in [-0.15, -0.1) is 0 Å². The van der Waals surface area contributed by atoms with Crippen molar-refractivity contribution in [2.45, 2.75) is 19.9 Å². The second-order valence-electron chi connectivity index (χ2n) is 5.73. The first kappa shape index (κ1) is 13.3. The first-order chi connectivity index (χ1) is 9.69. The maximum absolute atomic E-state index is 9.37. The molecule has 0 amide bonds. The Morgan fingerprint density at radius 1 is 1.25 bits per heavy atom. The molecule has 20 heavy (non-hydrogen) atoms. The summed E-state index contributed by atoms with van der Waals surface area (Å²) < 4.78 is 0. The Hall–Kier alpha value is -1.64. The molecule has 2 saturated heterocycles. The van der Waals surface area contributed by atoms with E-state index in [2.05, 4.69) is 26.2 Å². The van der Waals surface area contributed by atoms with Crippen LogP contribution in [0.1, 0.15) is 16.8 Å². The number of nitrogens with zero attached hydrogens (tertiary/aromatic N) is 4. The van der Waals surface area contributed by atoms with Gasteiger partial charge in [0, 0.05) is 51.0 Å². The van der Waals surface area contributed by atoms with Crippen LogP contribution in [0, 0.1) is 25.2 Å². The van der Waals surface area contributed by atoms with Gasteiger partial charge in [0.15, 0.2) is 0 Å². The van der Waals surface area contributed by atoms with Gasteiger partial charge in [0.1, 0.15) is 11.9 Å². The molecule has 0 unspecified atom stereocenters. The van der Waals surface area contributed by atoms with Crippen LogP contribution in [0.3, 0.4) is 0 Å². The minimum absolute atomic E-state index is 0.708. The van der Waals surface area contributed by atoms with E-state index >= 15 is 0 Å². The van der Waals surface area contributed by atoms with E-state index in [0.29, 0.717) is 6.04 Å². The first-order valence-corrected chi connectivity index (χ1v) is 7.27. The van der Waals surface area contributed by atoms with Crippen LogP contribution in [0.15, 0.2) is 6.07 Å². The molecule has 0 spiro atoms. The Labute approximate surface area is 120 Å². The Balaban J connectivity index is 1.76. The van der Waals surface area contributed by atoms with Crippen molar-refractivity contribution in [1.29, 1.82) is 5.26 Å². The van der Waals surface area contributed by atoms with Gasteiger partial charge in [-0.3, -0.25) is 4.90 Å². The van der Waals surface area contributed by atoms with Gasteiger partial charge in [-0.05, 0) is 25.5 Å². The quantitative estimate of drug-likeness (QED) is 0.856. The van der Waals surface area contributed by atoms with Crippen molar-refractivity contribution < 1.29 is 0 Å². The van der Waals surface area contributed by atoms with Crippen LogP contribution in [0.2, 0.25) is 0 Å². The van der Waals surface area contributed by atoms with Gasteiger partial charge in [0.2, 0.25) is 0 Å². The highest BCUT2D eigenvalue weighted by Crippen LogP contribution is 2.23. The maximum atomic E-state index is 9.37. The lowest BCUT2D eigenvalue weighted by Gasteiger charge is -2.43. The predicted molar refractivity (Wildman–Crippen MR) is 78.9 cm³/mol. The van der Waals surface area contributed by atoms with E-state index in [1.54, 1.807) is 0 Å². The van der Waals surface area contributed by atoms with E-state index in [4.69, 9.17) is 0 Å². The Bertz CT molecular complexity index is 536. The molecule has 1 aromatic heterocycles. The molecule has 106 valence electrons. The van der Waals surface area contributed by atoms with E-state index in [-0.39, 0.29) is 0 Å². The van der Waals surface area contributed by atoms with Gasteiger partial charge < -0.3 is 10.2 Å². The average Bonchev–Trinajstić information content (AvgIpc) is 2.37. The number of aryl methyl sites for hydroxylation is 2. The predicted octanol–water partition coefficient (Wildman–Crippen LogP) is 0.664. The van der Waals surface area contributed by atoms with Crippen molar-refractivity contribution in [2.75, 3.05) is 44.2 Å². The van der Waals surface area contributed by atoms with Gasteiger partial charge in [-0.2, -0.15) is 5.26 Å². The van der Waals surface area contributed by atoms with Crippen molar-refractivity contribution in [1.82, 2.24) is 15.2 Å². The zero-order valence-electron chi connectivity index (χ0n) is 12.2. The molecule has 2 aliphatic rings. The minimum Gasteiger partial charge on any atom is -0.353 e. The highest BCUT2D eigenvalue weighted by Gasteiger charge is 2.28. The van der Waals surface area contributed by atoms with E-state index in [1.165, 1.54) is 0 Å². The summed E-state index contributed by atoms with van der Waals surface area (Å²) >= 11 is 0. The van der Waals surface area contributed by atoms with Crippen molar-refractivity contribution in [3.63, 3.8) is 0 Å². The summed E-state index contributed by atoms with van der Waals surface area (Å²) in [5.41, 5.74) is 2.75. The number of hydrogen-bond donors (Lipinski definition) is 1. The molecule has 0 radical (unpaired) electrons. The number of aromatic nitrogens is 1. The molecule has 2 fully saturated rings. The van der Waals surface area contributed by atoms with Crippen molar-refractivity contribution in [3.05, 3.63) is 22.9 Å². The highest BCUT2D eigenvalue weighted by molar-refractivity contribution is 5.58. The van der Waals surface area contributed by atoms with Gasteiger partial charge in [0.05, 0.1) is 5.56 Å². The average molecular weight is 271 g/mol. The summed E-state index contributed by atoms with van der Waals surface area (Å²) in [6.07, 6.45) is 0. The molecule has 1 aromatic rings. The maximum Gasteiger partial charge on any atom is 0.147 e. The van der Waals surface area contributed by atoms with Gasteiger partial charge in [-0.1, -0.05) is 0 Å². The fourth-order valence-electron chi connectivity index (χ4n) is 3.01. The third-order valence-corrected chi connectivity index (χ3v) is 4.33. The lowest BCUT2D eigenvalue weighted by molar-refractivity contribution is 0.137. The third kappa shape index (κ3) is 2.37. The smallest absolute Gasteiger partial charge is 0.147 e. The number of nitrogens with one attached hydrogen (secondary N) is 1. The Morgan fingerprint density at radius 3 is 2.50 bits per heavy atom. The van der Waals surface area contributed by atoms with Gasteiger partial charge in [0.25, 0.3) is 0 Å². The molecule has 5 heteroatoms. The molecule has 0 bridgehead atoms. The zero-order chi connectivity index (χ0) is 14.1. The SMILES string of the molecule is Cc1cc(C)c(C#N)c(N2CCN(C3CNC3)CC2)n1. The van der Waals surface area contributed by atoms with E-state index in [9.17, 15) is 5.26 Å². The van der Waals surface area contributed by atoms with E-state index in [0.717, 1.165) is 61.9 Å². The monoisotopic (exact) mass is 271 g/mol. The standard InChI is InChI=1S/C15H21N5/c1-11-7-12(2)18-15(14(11)8-16)20-5-3-19(4-6-20)13-9-17-10-13/h7,13,17H,3-6,9-10H2,1-2H3. The molecular formula is C15H21N5. The lowest BCUT2D eigenvalue weighted by atomic mass is 10.1. The number of pyridine rings is 1. The molecular weight excluding hydrogens is 250 g/mol. The largest absolute Gasteiger partial charge is 0.353 e. The number of hydrogen-bond acceptors (Lipinski definition) is 5. The normalized spacial score (nSPS) is 20.6. The van der Waals surface area contributed by atoms with Crippen LogP contribution < -0.4 is 10.2 Å². The van der Waals surface area contributed by atoms with Crippen LogP contribution in [0.4, 0.5) is 5.82 Å². The van der Waals surface area contributed by atoms with E-state index in [1.807, 2.05) is 19.9 Å². The lowest BCUT2D eigenvalue weighted by Crippen LogP contribution is -2.61. The molecule has 3 rings (SSSR count). The Morgan fingerprint density at radius 2 is 1.95 bits per heavy atom. The zero-order valence-corrected chi connectivity index (χ0v) is 12.2. The molecule has 1 N–H and O–H groups in total. The van der Waals surface area contributed by atoms with Gasteiger partial charge >= 0.3 is 0 Å². The van der Waals surface area contributed by atoms with Crippen molar-refractivity contribution in [3.8, 4) is 6.07 Å². The molecule has 0 atom stereocenters. The molecule has 5 nitrogen and oxygen atoms in total. The second kappa shape index (κ2) is 5.39. The second-order valence-corrected chi connectivity index (χ2v) is 5.73. The summed E-state index contributed by atoms with van der Waals surface area (Å²) in [6.45, 7) is 10.3. The molecule has 3 heterocycles. The summed E-state index contributed by atoms with van der Waals surface area (Å²) in [7, 11) is 0. The van der Waals surface area contributed by atoms with Crippen LogP contribution in [0.25, 0.3) is 0 Å². The molecule has 0 aliphatic carbocycles. The fraction of sp³-hybridized carbons (Fsp3) is 0.600. The van der Waals surface area contributed by atoms with Gasteiger partial charge in [-0.25, -0.2) is 4.98 Å². The van der Waals surface area contributed by atoms with Crippen molar-refractivity contribution in [2.24, 2.45) is 0 Å². The molecule has 0 saturated carbocycles. The summed E-state index contributed by atoms with van der Waals surface area (Å²) in [5, 5.41) is 12.7. The van der Waals surface area contributed by atoms with Crippen molar-refractivity contribution >= 4 is 5.82 Å². The number of anilines is 1. The topological polar surface area (TPSA) is 55.2 Å². The number of piperazine rings is 1. The summed E-state index contributed by atoms with van der Waals surface area (Å²) in [6, 6.07) is 5.01. The number of rotatable bonds is 2. The van der Waals surface area contributed by atoms with Crippen LogP contribution in [0.5, 0.6) is 0 Å². The Kier molecular flexibility index (Phi) is 3.60. The summed E-state index contributed by atoms with van der Waals surface area (Å²) in [4.78, 5) is 9.41. The summed E-state index contributed by atoms with van der Waals surface area (Å²) in [5.74, 6) is 0.872. The fourth-order valence-corrected chi connectivity index (χ4v) is 3.01. The molecule has 0 aromatic carbocycles. The van der Waals surface area contributed by atoms with Crippen LogP contribution in [-0.2, 0) is 0 Å². The molecule has 2 aliphatic heterocycles. The van der Waals surface area contributed by atoms with E-state index < -0.39 is 0 Å². The minimum atomic E-state index is 0.708. The van der Waals surface area contributed by atoms with Crippen LogP contribution >= 0.6 is 0 Å². The first-order valence-electron chi connectivity index (χ1n) is 7.27. The third-order valence-electron chi connectivity index (χ3n) is 4.33.